The first-order chi connectivity index (χ1) is 12.6. The van der Waals surface area contributed by atoms with Crippen molar-refractivity contribution in [1.29, 1.82) is 0 Å². The molecule has 0 unspecified atom stereocenters. The molecule has 2 aromatic rings. The number of hydrogen-bond donors (Lipinski definition) is 1. The summed E-state index contributed by atoms with van der Waals surface area (Å²) in [6, 6.07) is 12.9. The number of fused-ring (bicyclic) bond motifs is 1. The van der Waals surface area contributed by atoms with Crippen molar-refractivity contribution in [2.75, 3.05) is 5.32 Å². The molecule has 1 fully saturated rings. The quantitative estimate of drug-likeness (QED) is 0.839. The number of carbonyl (C=O) groups is 2. The number of hydrogen-bond acceptors (Lipinski definition) is 2. The summed E-state index contributed by atoms with van der Waals surface area (Å²) in [5, 5.41) is 3.31. The van der Waals surface area contributed by atoms with Gasteiger partial charge in [-0.15, -0.1) is 0 Å². The maximum atomic E-state index is 13.1. The van der Waals surface area contributed by atoms with E-state index >= 15 is 0 Å². The Bertz CT molecular complexity index is 859. The van der Waals surface area contributed by atoms with Crippen molar-refractivity contribution in [2.45, 2.75) is 44.7 Å². The van der Waals surface area contributed by atoms with Crippen LogP contribution < -0.4 is 5.32 Å². The van der Waals surface area contributed by atoms with Crippen molar-refractivity contribution in [1.82, 2.24) is 4.90 Å². The Morgan fingerprint density at radius 3 is 2.58 bits per heavy atom. The number of halogens is 1. The van der Waals surface area contributed by atoms with Gasteiger partial charge < -0.3 is 10.2 Å². The highest BCUT2D eigenvalue weighted by molar-refractivity contribution is 6.34. The molecule has 0 spiro atoms. The minimum absolute atomic E-state index is 0.0168. The summed E-state index contributed by atoms with van der Waals surface area (Å²) in [4.78, 5) is 27.8. The molecular weight excluding hydrogens is 348 g/mol. The SMILES string of the molecule is O=C(Nc1ccccc1Cl)c1cccc2c1C(=O)N(C1CCCCC1)C2. The zero-order chi connectivity index (χ0) is 18.1. The molecule has 4 nitrogen and oxygen atoms in total. The molecular formula is C21H21ClN2O2. The van der Waals surface area contributed by atoms with Crippen molar-refractivity contribution >= 4 is 29.1 Å². The fourth-order valence-corrected chi connectivity index (χ4v) is 4.20. The molecule has 26 heavy (non-hydrogen) atoms. The largest absolute Gasteiger partial charge is 0.331 e. The van der Waals surface area contributed by atoms with Crippen LogP contribution in [0, 0.1) is 0 Å². The number of carbonyl (C=O) groups excluding carboxylic acids is 2. The molecule has 1 saturated carbocycles. The second kappa shape index (κ2) is 7.12. The number of nitrogens with one attached hydrogen (secondary N) is 1. The smallest absolute Gasteiger partial charge is 0.256 e. The molecule has 0 bridgehead atoms. The van der Waals surface area contributed by atoms with Crippen LogP contribution in [0.4, 0.5) is 5.69 Å². The van der Waals surface area contributed by atoms with Crippen LogP contribution in [0.25, 0.3) is 0 Å². The zero-order valence-corrected chi connectivity index (χ0v) is 15.3. The summed E-state index contributed by atoms with van der Waals surface area (Å²) in [6.45, 7) is 0.603. The maximum Gasteiger partial charge on any atom is 0.256 e. The molecule has 2 amide bonds. The fourth-order valence-electron chi connectivity index (χ4n) is 4.01. The monoisotopic (exact) mass is 368 g/mol. The van der Waals surface area contributed by atoms with Crippen LogP contribution in [-0.2, 0) is 6.54 Å². The molecule has 134 valence electrons. The molecule has 4 rings (SSSR count). The van der Waals surface area contributed by atoms with Crippen molar-refractivity contribution in [3.8, 4) is 0 Å². The van der Waals surface area contributed by atoms with Crippen molar-refractivity contribution < 1.29 is 9.59 Å². The third-order valence-electron chi connectivity index (χ3n) is 5.35. The maximum absolute atomic E-state index is 13.1. The first kappa shape index (κ1) is 17.1. The van der Waals surface area contributed by atoms with Gasteiger partial charge in [-0.2, -0.15) is 0 Å². The van der Waals surface area contributed by atoms with Crippen molar-refractivity contribution in [2.24, 2.45) is 0 Å². The number of anilines is 1. The fraction of sp³-hybridized carbons (Fsp3) is 0.333. The summed E-state index contributed by atoms with van der Waals surface area (Å²) < 4.78 is 0. The Kier molecular flexibility index (Phi) is 4.68. The first-order valence-corrected chi connectivity index (χ1v) is 9.51. The van der Waals surface area contributed by atoms with Gasteiger partial charge in [0.25, 0.3) is 11.8 Å². The molecule has 1 aliphatic carbocycles. The van der Waals surface area contributed by atoms with E-state index in [-0.39, 0.29) is 11.8 Å². The lowest BCUT2D eigenvalue weighted by atomic mass is 9.94. The van der Waals surface area contributed by atoms with E-state index in [2.05, 4.69) is 5.32 Å². The van der Waals surface area contributed by atoms with Gasteiger partial charge in [0, 0.05) is 12.6 Å². The summed E-state index contributed by atoms with van der Waals surface area (Å²) in [5.41, 5.74) is 2.45. The zero-order valence-electron chi connectivity index (χ0n) is 14.5. The van der Waals surface area contributed by atoms with Gasteiger partial charge in [-0.05, 0) is 36.6 Å². The van der Waals surface area contributed by atoms with Gasteiger partial charge in [0.2, 0.25) is 0 Å². The first-order valence-electron chi connectivity index (χ1n) is 9.14. The summed E-state index contributed by atoms with van der Waals surface area (Å²) in [5.74, 6) is -0.314. The molecule has 0 aromatic heterocycles. The van der Waals surface area contributed by atoms with Gasteiger partial charge in [0.1, 0.15) is 0 Å². The molecule has 0 radical (unpaired) electrons. The van der Waals surface area contributed by atoms with E-state index in [1.807, 2.05) is 29.2 Å². The minimum Gasteiger partial charge on any atom is -0.331 e. The lowest BCUT2D eigenvalue weighted by Crippen LogP contribution is -2.37. The molecule has 2 aliphatic rings. The number of benzene rings is 2. The standard InChI is InChI=1S/C21H21ClN2O2/c22-17-11-4-5-12-18(17)23-20(25)16-10-6-7-14-13-24(21(26)19(14)16)15-8-2-1-3-9-15/h4-7,10-12,15H,1-3,8-9,13H2,(H,23,25). The lowest BCUT2D eigenvalue weighted by molar-refractivity contribution is 0.0657. The predicted molar refractivity (Wildman–Crippen MR) is 103 cm³/mol. The van der Waals surface area contributed by atoms with Crippen LogP contribution in [-0.4, -0.2) is 22.8 Å². The Balaban J connectivity index is 1.61. The highest BCUT2D eigenvalue weighted by atomic mass is 35.5. The number of amides is 2. The van der Waals surface area contributed by atoms with Crippen LogP contribution in [0.5, 0.6) is 0 Å². The number of nitrogens with zero attached hydrogens (tertiary/aromatic N) is 1. The van der Waals surface area contributed by atoms with Gasteiger partial charge in [0.15, 0.2) is 0 Å². The Labute approximate surface area is 158 Å². The Morgan fingerprint density at radius 1 is 1.04 bits per heavy atom. The van der Waals surface area contributed by atoms with Crippen LogP contribution in [0.1, 0.15) is 58.4 Å². The molecule has 0 saturated heterocycles. The van der Waals surface area contributed by atoms with Gasteiger partial charge in [-0.1, -0.05) is 55.1 Å². The third-order valence-corrected chi connectivity index (χ3v) is 5.68. The Hall–Kier alpha value is -2.33. The van der Waals surface area contributed by atoms with Gasteiger partial charge in [0.05, 0.1) is 21.8 Å². The van der Waals surface area contributed by atoms with Gasteiger partial charge in [-0.3, -0.25) is 9.59 Å². The van der Waals surface area contributed by atoms with Crippen molar-refractivity contribution in [3.63, 3.8) is 0 Å². The average Bonchev–Trinajstić information content (AvgIpc) is 3.01. The van der Waals surface area contributed by atoms with E-state index in [0.717, 1.165) is 18.4 Å². The van der Waals surface area contributed by atoms with E-state index in [1.54, 1.807) is 18.2 Å². The van der Waals surface area contributed by atoms with Crippen LogP contribution in [0.2, 0.25) is 5.02 Å². The second-order valence-corrected chi connectivity index (χ2v) is 7.41. The van der Waals surface area contributed by atoms with Crippen LogP contribution >= 0.6 is 11.6 Å². The van der Waals surface area contributed by atoms with E-state index in [4.69, 9.17) is 11.6 Å². The summed E-state index contributed by atoms with van der Waals surface area (Å²) in [6.07, 6.45) is 5.70. The summed E-state index contributed by atoms with van der Waals surface area (Å²) >= 11 is 6.14. The molecule has 2 aromatic carbocycles. The highest BCUT2D eigenvalue weighted by Gasteiger charge is 2.36. The molecule has 1 N–H and O–H groups in total. The Morgan fingerprint density at radius 2 is 1.81 bits per heavy atom. The number of rotatable bonds is 3. The minimum atomic E-state index is -0.297. The molecule has 1 heterocycles. The van der Waals surface area contributed by atoms with Gasteiger partial charge in [-0.25, -0.2) is 0 Å². The average molecular weight is 369 g/mol. The normalized spacial score (nSPS) is 17.3. The predicted octanol–water partition coefficient (Wildman–Crippen LogP) is 4.88. The van der Waals surface area contributed by atoms with Crippen LogP contribution in [0.15, 0.2) is 42.5 Å². The lowest BCUT2D eigenvalue weighted by Gasteiger charge is -2.30. The summed E-state index contributed by atoms with van der Waals surface area (Å²) in [7, 11) is 0. The van der Waals surface area contributed by atoms with E-state index in [1.165, 1.54) is 19.3 Å². The topological polar surface area (TPSA) is 49.4 Å². The van der Waals surface area contributed by atoms with Crippen molar-refractivity contribution in [3.05, 3.63) is 64.2 Å². The molecule has 1 aliphatic heterocycles. The van der Waals surface area contributed by atoms with Gasteiger partial charge >= 0.3 is 0 Å². The van der Waals surface area contributed by atoms with Crippen LogP contribution in [0.3, 0.4) is 0 Å². The highest BCUT2D eigenvalue weighted by Crippen LogP contribution is 2.33. The molecule has 5 heteroatoms. The molecule has 0 atom stereocenters. The van der Waals surface area contributed by atoms with E-state index in [9.17, 15) is 9.59 Å². The third kappa shape index (κ3) is 3.10. The second-order valence-electron chi connectivity index (χ2n) is 7.00. The number of para-hydroxylation sites is 1. The van der Waals surface area contributed by atoms with E-state index in [0.29, 0.717) is 34.4 Å². The van der Waals surface area contributed by atoms with E-state index < -0.39 is 0 Å².